The minimum Gasteiger partial charge on any atom is -0.492 e. The lowest BCUT2D eigenvalue weighted by Gasteiger charge is -2.24. The first kappa shape index (κ1) is 25.2. The van der Waals surface area contributed by atoms with E-state index < -0.39 is 9.84 Å². The number of benzene rings is 2. The van der Waals surface area contributed by atoms with Crippen LogP contribution in [0.1, 0.15) is 25.3 Å². The van der Waals surface area contributed by atoms with Crippen molar-refractivity contribution in [2.24, 2.45) is 4.99 Å². The first-order valence-corrected chi connectivity index (χ1v) is 11.2. The van der Waals surface area contributed by atoms with Gasteiger partial charge in [0.15, 0.2) is 15.8 Å². The average Bonchev–Trinajstić information content (AvgIpc) is 2.69. The second-order valence-corrected chi connectivity index (χ2v) is 8.74. The van der Waals surface area contributed by atoms with Crippen molar-refractivity contribution in [3.8, 4) is 5.75 Å². The molecule has 0 aliphatic carbocycles. The Morgan fingerprint density at radius 3 is 2.24 bits per heavy atom. The molecule has 2 atom stereocenters. The lowest BCUT2D eigenvalue weighted by Crippen LogP contribution is -2.45. The maximum absolute atomic E-state index is 11.5. The standard InChI is InChI=1S/C21H29N3O3S.HI/c1-16(18-8-6-5-7-9-18)17(2)24-21(22-3)23-14-15-27-19-10-12-20(13-11-19)28(4,25)26;/h5-13,16-17H,14-15H2,1-4H3,(H2,22,23,24);1H. The molecule has 0 aliphatic rings. The Morgan fingerprint density at radius 1 is 1.07 bits per heavy atom. The van der Waals surface area contributed by atoms with Crippen LogP contribution in [-0.2, 0) is 9.84 Å². The minimum absolute atomic E-state index is 0. The van der Waals surface area contributed by atoms with Gasteiger partial charge in [-0.1, -0.05) is 37.3 Å². The lowest BCUT2D eigenvalue weighted by atomic mass is 9.94. The van der Waals surface area contributed by atoms with Crippen LogP contribution in [0, 0.1) is 0 Å². The molecule has 2 aromatic rings. The zero-order chi connectivity index (χ0) is 20.6. The molecule has 0 aliphatic heterocycles. The molecule has 8 heteroatoms. The molecule has 6 nitrogen and oxygen atoms in total. The number of aliphatic imine (C=N–C) groups is 1. The van der Waals surface area contributed by atoms with E-state index in [1.54, 1.807) is 31.3 Å². The number of hydrogen-bond acceptors (Lipinski definition) is 4. The Kier molecular flexibility index (Phi) is 10.5. The summed E-state index contributed by atoms with van der Waals surface area (Å²) in [6, 6.07) is 17.0. The SMILES string of the molecule is CN=C(NCCOc1ccc(S(C)(=O)=O)cc1)NC(C)C(C)c1ccccc1.I. The van der Waals surface area contributed by atoms with Gasteiger partial charge in [0.05, 0.1) is 11.4 Å². The van der Waals surface area contributed by atoms with E-state index in [0.29, 0.717) is 30.8 Å². The van der Waals surface area contributed by atoms with E-state index in [0.717, 1.165) is 0 Å². The summed E-state index contributed by atoms with van der Waals surface area (Å²) in [6.07, 6.45) is 1.19. The first-order valence-electron chi connectivity index (χ1n) is 9.26. The molecular weight excluding hydrogens is 501 g/mol. The summed E-state index contributed by atoms with van der Waals surface area (Å²) < 4.78 is 28.6. The van der Waals surface area contributed by atoms with Crippen LogP contribution in [0.3, 0.4) is 0 Å². The number of sulfone groups is 1. The zero-order valence-corrected chi connectivity index (χ0v) is 20.4. The number of hydrogen-bond donors (Lipinski definition) is 2. The fourth-order valence-electron chi connectivity index (χ4n) is 2.70. The Labute approximate surface area is 191 Å². The fourth-order valence-corrected chi connectivity index (χ4v) is 3.33. The third kappa shape index (κ3) is 8.22. The van der Waals surface area contributed by atoms with E-state index >= 15 is 0 Å². The highest BCUT2D eigenvalue weighted by Crippen LogP contribution is 2.18. The molecule has 0 radical (unpaired) electrons. The number of rotatable bonds is 8. The van der Waals surface area contributed by atoms with E-state index in [4.69, 9.17) is 4.74 Å². The molecule has 2 unspecified atom stereocenters. The van der Waals surface area contributed by atoms with Gasteiger partial charge in [0, 0.05) is 25.3 Å². The molecule has 2 aromatic carbocycles. The third-order valence-corrected chi connectivity index (χ3v) is 5.71. The summed E-state index contributed by atoms with van der Waals surface area (Å²) in [5.41, 5.74) is 1.28. The first-order chi connectivity index (χ1) is 13.3. The molecule has 0 saturated carbocycles. The largest absolute Gasteiger partial charge is 0.492 e. The highest BCUT2D eigenvalue weighted by atomic mass is 127. The second-order valence-electron chi connectivity index (χ2n) is 6.72. The molecule has 0 spiro atoms. The molecule has 0 heterocycles. The number of nitrogens with one attached hydrogen (secondary N) is 2. The van der Waals surface area contributed by atoms with Crippen molar-refractivity contribution in [1.29, 1.82) is 0 Å². The number of nitrogens with zero attached hydrogens (tertiary/aromatic N) is 1. The predicted octanol–water partition coefficient (Wildman–Crippen LogP) is 3.44. The monoisotopic (exact) mass is 531 g/mol. The third-order valence-electron chi connectivity index (χ3n) is 4.58. The second kappa shape index (κ2) is 12.0. The molecule has 0 aromatic heterocycles. The molecule has 160 valence electrons. The normalized spacial score (nSPS) is 13.7. The molecule has 2 N–H and O–H groups in total. The van der Waals surface area contributed by atoms with E-state index in [-0.39, 0.29) is 34.9 Å². The summed E-state index contributed by atoms with van der Waals surface area (Å²) in [7, 11) is -1.45. The van der Waals surface area contributed by atoms with Crippen LogP contribution in [0.25, 0.3) is 0 Å². The minimum atomic E-state index is -3.19. The Hall–Kier alpha value is -1.81. The van der Waals surface area contributed by atoms with Gasteiger partial charge in [-0.05, 0) is 36.8 Å². The van der Waals surface area contributed by atoms with Gasteiger partial charge in [-0.3, -0.25) is 4.99 Å². The highest BCUT2D eigenvalue weighted by molar-refractivity contribution is 14.0. The van der Waals surface area contributed by atoms with Crippen LogP contribution in [0.15, 0.2) is 64.5 Å². The molecular formula is C21H30IN3O3S. The van der Waals surface area contributed by atoms with Crippen LogP contribution < -0.4 is 15.4 Å². The molecule has 0 fully saturated rings. The summed E-state index contributed by atoms with van der Waals surface area (Å²) in [5.74, 6) is 1.68. The Morgan fingerprint density at radius 2 is 1.69 bits per heavy atom. The van der Waals surface area contributed by atoms with Gasteiger partial charge in [-0.2, -0.15) is 0 Å². The van der Waals surface area contributed by atoms with Gasteiger partial charge in [-0.25, -0.2) is 8.42 Å². The van der Waals surface area contributed by atoms with Crippen molar-refractivity contribution in [3.63, 3.8) is 0 Å². The summed E-state index contributed by atoms with van der Waals surface area (Å²) in [4.78, 5) is 4.54. The van der Waals surface area contributed by atoms with Crippen LogP contribution in [0.2, 0.25) is 0 Å². The van der Waals surface area contributed by atoms with Crippen molar-refractivity contribution in [3.05, 3.63) is 60.2 Å². The lowest BCUT2D eigenvalue weighted by molar-refractivity contribution is 0.321. The smallest absolute Gasteiger partial charge is 0.191 e. The molecule has 0 amide bonds. The van der Waals surface area contributed by atoms with Crippen molar-refractivity contribution in [2.45, 2.75) is 30.7 Å². The van der Waals surface area contributed by atoms with Gasteiger partial charge in [0.1, 0.15) is 12.4 Å². The molecule has 0 bridgehead atoms. The predicted molar refractivity (Wildman–Crippen MR) is 129 cm³/mol. The maximum Gasteiger partial charge on any atom is 0.191 e. The van der Waals surface area contributed by atoms with Crippen LogP contribution in [0.4, 0.5) is 0 Å². The van der Waals surface area contributed by atoms with Crippen LogP contribution in [-0.4, -0.2) is 46.9 Å². The number of ether oxygens (including phenoxy) is 1. The maximum atomic E-state index is 11.5. The molecule has 29 heavy (non-hydrogen) atoms. The quantitative estimate of drug-likeness (QED) is 0.236. The van der Waals surface area contributed by atoms with Crippen molar-refractivity contribution >= 4 is 39.8 Å². The van der Waals surface area contributed by atoms with E-state index in [1.165, 1.54) is 11.8 Å². The summed E-state index contributed by atoms with van der Waals surface area (Å²) in [5, 5.41) is 6.63. The van der Waals surface area contributed by atoms with Gasteiger partial charge in [0.2, 0.25) is 0 Å². The van der Waals surface area contributed by atoms with E-state index in [1.807, 2.05) is 18.2 Å². The molecule has 0 saturated heterocycles. The van der Waals surface area contributed by atoms with Crippen LogP contribution >= 0.6 is 24.0 Å². The van der Waals surface area contributed by atoms with Gasteiger partial charge in [-0.15, -0.1) is 24.0 Å². The Balaban J connectivity index is 0.00000420. The summed E-state index contributed by atoms with van der Waals surface area (Å²) >= 11 is 0. The topological polar surface area (TPSA) is 79.8 Å². The average molecular weight is 531 g/mol. The van der Waals surface area contributed by atoms with Gasteiger partial charge < -0.3 is 15.4 Å². The number of halogens is 1. The molecule has 2 rings (SSSR count). The summed E-state index contributed by atoms with van der Waals surface area (Å²) in [6.45, 7) is 5.31. The zero-order valence-electron chi connectivity index (χ0n) is 17.3. The van der Waals surface area contributed by atoms with E-state index in [9.17, 15) is 8.42 Å². The van der Waals surface area contributed by atoms with Crippen molar-refractivity contribution in [1.82, 2.24) is 10.6 Å². The highest BCUT2D eigenvalue weighted by Gasteiger charge is 2.15. The van der Waals surface area contributed by atoms with Gasteiger partial charge in [0.25, 0.3) is 0 Å². The van der Waals surface area contributed by atoms with Crippen molar-refractivity contribution < 1.29 is 13.2 Å². The van der Waals surface area contributed by atoms with E-state index in [2.05, 4.69) is 41.6 Å². The van der Waals surface area contributed by atoms with Crippen molar-refractivity contribution in [2.75, 3.05) is 26.5 Å². The van der Waals surface area contributed by atoms with Crippen LogP contribution in [0.5, 0.6) is 5.75 Å². The Bertz CT molecular complexity index is 872. The number of guanidine groups is 1. The fraction of sp³-hybridized carbons (Fsp3) is 0.381. The van der Waals surface area contributed by atoms with Gasteiger partial charge >= 0.3 is 0 Å².